The van der Waals surface area contributed by atoms with Gasteiger partial charge in [0.1, 0.15) is 0 Å². The van der Waals surface area contributed by atoms with Crippen LogP contribution >= 0.6 is 15.9 Å². The molecule has 1 aliphatic carbocycles. The molecule has 0 heterocycles. The van der Waals surface area contributed by atoms with E-state index in [0.717, 1.165) is 10.4 Å². The molecule has 0 aliphatic heterocycles. The minimum atomic E-state index is 0.0726. The van der Waals surface area contributed by atoms with E-state index in [2.05, 4.69) is 53.0 Å². The van der Waals surface area contributed by atoms with E-state index in [4.69, 9.17) is 5.73 Å². The van der Waals surface area contributed by atoms with E-state index >= 15 is 0 Å². The normalized spacial score (nSPS) is 25.1. The lowest BCUT2D eigenvalue weighted by atomic mass is 9.86. The lowest BCUT2D eigenvalue weighted by Gasteiger charge is -2.36. The summed E-state index contributed by atoms with van der Waals surface area (Å²) in [5.74, 6) is 0.855. The highest BCUT2D eigenvalue weighted by molar-refractivity contribution is 9.10. The number of hydrogen-bond acceptors (Lipinski definition) is 2. The summed E-state index contributed by atoms with van der Waals surface area (Å²) in [5.41, 5.74) is 8.42. The van der Waals surface area contributed by atoms with Crippen LogP contribution in [0.15, 0.2) is 22.7 Å². The van der Waals surface area contributed by atoms with Crippen molar-refractivity contribution in [3.63, 3.8) is 0 Å². The van der Waals surface area contributed by atoms with Crippen LogP contribution in [-0.4, -0.2) is 13.1 Å². The number of hydrogen-bond donors (Lipinski definition) is 1. The average Bonchev–Trinajstić information content (AvgIpc) is 2.37. The van der Waals surface area contributed by atoms with Gasteiger partial charge in [0, 0.05) is 29.3 Å². The minimum absolute atomic E-state index is 0.0726. The number of rotatable bonds is 3. The van der Waals surface area contributed by atoms with Gasteiger partial charge >= 0.3 is 0 Å². The van der Waals surface area contributed by atoms with Gasteiger partial charge in [-0.15, -0.1) is 0 Å². The monoisotopic (exact) mass is 324 g/mol. The molecule has 3 heteroatoms. The summed E-state index contributed by atoms with van der Waals surface area (Å²) < 4.78 is 1.12. The zero-order valence-corrected chi connectivity index (χ0v) is 13.8. The van der Waals surface area contributed by atoms with Crippen LogP contribution in [0.5, 0.6) is 0 Å². The van der Waals surface area contributed by atoms with Gasteiger partial charge in [-0.2, -0.15) is 0 Å². The molecule has 1 aromatic carbocycles. The Morgan fingerprint density at radius 3 is 2.68 bits per heavy atom. The second kappa shape index (κ2) is 6.27. The molecule has 0 radical (unpaired) electrons. The second-order valence-electron chi connectivity index (χ2n) is 6.03. The highest BCUT2D eigenvalue weighted by atomic mass is 79.9. The Bertz CT molecular complexity index is 431. The summed E-state index contributed by atoms with van der Waals surface area (Å²) in [6, 6.07) is 7.30. The molecular formula is C16H25BrN2. The van der Waals surface area contributed by atoms with Crippen LogP contribution in [0.3, 0.4) is 0 Å². The second-order valence-corrected chi connectivity index (χ2v) is 6.89. The highest BCUT2D eigenvalue weighted by Gasteiger charge is 2.23. The quantitative estimate of drug-likeness (QED) is 0.887. The summed E-state index contributed by atoms with van der Waals surface area (Å²) in [7, 11) is 2.22. The lowest BCUT2D eigenvalue weighted by molar-refractivity contribution is 0.336. The van der Waals surface area contributed by atoms with Crippen LogP contribution in [0, 0.1) is 5.92 Å². The Labute approximate surface area is 125 Å². The van der Waals surface area contributed by atoms with E-state index in [-0.39, 0.29) is 6.04 Å². The van der Waals surface area contributed by atoms with Gasteiger partial charge in [0.05, 0.1) is 0 Å². The molecule has 0 saturated heterocycles. The molecule has 106 valence electrons. The summed E-state index contributed by atoms with van der Waals surface area (Å²) in [4.78, 5) is 2.44. The number of anilines is 1. The highest BCUT2D eigenvalue weighted by Crippen LogP contribution is 2.32. The van der Waals surface area contributed by atoms with E-state index in [9.17, 15) is 0 Å². The van der Waals surface area contributed by atoms with Crippen molar-refractivity contribution in [3.05, 3.63) is 28.2 Å². The van der Waals surface area contributed by atoms with Crippen LogP contribution in [0.25, 0.3) is 0 Å². The van der Waals surface area contributed by atoms with Gasteiger partial charge in [-0.1, -0.05) is 41.8 Å². The Balaban J connectivity index is 2.15. The number of halogens is 1. The zero-order valence-electron chi connectivity index (χ0n) is 12.2. The molecular weight excluding hydrogens is 300 g/mol. The van der Waals surface area contributed by atoms with Crippen LogP contribution in [0.1, 0.15) is 51.1 Å². The average molecular weight is 325 g/mol. The van der Waals surface area contributed by atoms with Gasteiger partial charge in [-0.05, 0) is 43.4 Å². The lowest BCUT2D eigenvalue weighted by Crippen LogP contribution is -2.35. The summed E-state index contributed by atoms with van der Waals surface area (Å²) >= 11 is 3.65. The predicted octanol–water partition coefficient (Wildman–Crippen LogP) is 4.48. The molecule has 2 N–H and O–H groups in total. The predicted molar refractivity (Wildman–Crippen MR) is 86.6 cm³/mol. The van der Waals surface area contributed by atoms with Crippen molar-refractivity contribution >= 4 is 21.6 Å². The smallest absolute Gasteiger partial charge is 0.0377 e. The third kappa shape index (κ3) is 3.51. The number of nitrogens with zero attached hydrogens (tertiary/aromatic N) is 1. The Morgan fingerprint density at radius 1 is 1.37 bits per heavy atom. The Kier molecular flexibility index (Phi) is 4.91. The molecule has 0 amide bonds. The standard InChI is InChI=1S/C16H25BrN2/c1-11-5-4-6-13(9-11)19(3)14-7-8-15(12(2)18)16(17)10-14/h7-8,10-13H,4-6,9,18H2,1-3H3/t11?,12-,13?/m0/s1. The molecule has 0 bridgehead atoms. The third-order valence-corrected chi connectivity index (χ3v) is 5.03. The minimum Gasteiger partial charge on any atom is -0.372 e. The van der Waals surface area contributed by atoms with Gasteiger partial charge in [0.25, 0.3) is 0 Å². The first-order valence-electron chi connectivity index (χ1n) is 7.27. The molecule has 0 spiro atoms. The molecule has 1 fully saturated rings. The van der Waals surface area contributed by atoms with Gasteiger partial charge < -0.3 is 10.6 Å². The molecule has 2 unspecified atom stereocenters. The first kappa shape index (κ1) is 14.9. The van der Waals surface area contributed by atoms with Crippen molar-refractivity contribution in [1.29, 1.82) is 0 Å². The first-order chi connectivity index (χ1) is 8.99. The fraction of sp³-hybridized carbons (Fsp3) is 0.625. The van der Waals surface area contributed by atoms with Crippen LogP contribution in [-0.2, 0) is 0 Å². The molecule has 3 atom stereocenters. The van der Waals surface area contributed by atoms with E-state index < -0.39 is 0 Å². The van der Waals surface area contributed by atoms with Gasteiger partial charge in [0.15, 0.2) is 0 Å². The maximum absolute atomic E-state index is 5.96. The molecule has 0 aromatic heterocycles. The number of nitrogens with two attached hydrogens (primary N) is 1. The van der Waals surface area contributed by atoms with E-state index in [0.29, 0.717) is 6.04 Å². The molecule has 1 aromatic rings. The number of benzene rings is 1. The fourth-order valence-electron chi connectivity index (χ4n) is 3.07. The van der Waals surface area contributed by atoms with Crippen molar-refractivity contribution in [3.8, 4) is 0 Å². The molecule has 2 nitrogen and oxygen atoms in total. The molecule has 2 rings (SSSR count). The zero-order chi connectivity index (χ0) is 14.0. The SMILES string of the molecule is CC1CCCC(N(C)c2ccc([C@H](C)N)c(Br)c2)C1. The summed E-state index contributed by atoms with van der Waals surface area (Å²) in [6.45, 7) is 4.39. The van der Waals surface area contributed by atoms with Crippen molar-refractivity contribution in [2.75, 3.05) is 11.9 Å². The fourth-order valence-corrected chi connectivity index (χ4v) is 3.80. The van der Waals surface area contributed by atoms with E-state index in [1.165, 1.54) is 36.9 Å². The topological polar surface area (TPSA) is 29.3 Å². The maximum atomic E-state index is 5.96. The van der Waals surface area contributed by atoms with Crippen LogP contribution < -0.4 is 10.6 Å². The van der Waals surface area contributed by atoms with Crippen molar-refractivity contribution in [1.82, 2.24) is 0 Å². The van der Waals surface area contributed by atoms with Crippen molar-refractivity contribution < 1.29 is 0 Å². The Morgan fingerprint density at radius 2 is 2.11 bits per heavy atom. The van der Waals surface area contributed by atoms with E-state index in [1.807, 2.05) is 6.92 Å². The molecule has 19 heavy (non-hydrogen) atoms. The largest absolute Gasteiger partial charge is 0.372 e. The summed E-state index contributed by atoms with van der Waals surface area (Å²) in [6.07, 6.45) is 5.36. The summed E-state index contributed by atoms with van der Waals surface area (Å²) in [5, 5.41) is 0. The molecule has 1 saturated carbocycles. The third-order valence-electron chi connectivity index (χ3n) is 4.34. The van der Waals surface area contributed by atoms with Crippen molar-refractivity contribution in [2.24, 2.45) is 11.7 Å². The maximum Gasteiger partial charge on any atom is 0.0377 e. The van der Waals surface area contributed by atoms with Crippen LogP contribution in [0.2, 0.25) is 0 Å². The van der Waals surface area contributed by atoms with Gasteiger partial charge in [0.2, 0.25) is 0 Å². The van der Waals surface area contributed by atoms with Crippen LogP contribution in [0.4, 0.5) is 5.69 Å². The Hall–Kier alpha value is -0.540. The molecule has 1 aliphatic rings. The van der Waals surface area contributed by atoms with E-state index in [1.54, 1.807) is 0 Å². The van der Waals surface area contributed by atoms with Gasteiger partial charge in [-0.3, -0.25) is 0 Å². The first-order valence-corrected chi connectivity index (χ1v) is 8.06. The van der Waals surface area contributed by atoms with Crippen molar-refractivity contribution in [2.45, 2.75) is 51.6 Å². The van der Waals surface area contributed by atoms with Gasteiger partial charge in [-0.25, -0.2) is 0 Å².